The van der Waals surface area contributed by atoms with E-state index in [1.807, 2.05) is 21.1 Å². The highest BCUT2D eigenvalue weighted by atomic mass is 79.9. The monoisotopic (exact) mass is 195 g/mol. The van der Waals surface area contributed by atoms with Crippen LogP contribution in [0.3, 0.4) is 0 Å². The maximum atomic E-state index is 5.20. The summed E-state index contributed by atoms with van der Waals surface area (Å²) < 4.78 is 0.534. The molecule has 0 unspecified atom stereocenters. The van der Waals surface area contributed by atoms with Crippen LogP contribution in [0, 0.1) is 0 Å². The van der Waals surface area contributed by atoms with Crippen LogP contribution >= 0.6 is 0 Å². The van der Waals surface area contributed by atoms with Gasteiger partial charge in [-0.25, -0.2) is 0 Å². The summed E-state index contributed by atoms with van der Waals surface area (Å²) in [5.74, 6) is 0. The van der Waals surface area contributed by atoms with Gasteiger partial charge >= 0.3 is 0 Å². The second-order valence-corrected chi connectivity index (χ2v) is 2.47. The zero-order valence-electron chi connectivity index (χ0n) is 6.22. The molecule has 0 aromatic heterocycles. The summed E-state index contributed by atoms with van der Waals surface area (Å²) >= 11 is 0. The molecule has 2 nitrogen and oxygen atoms in total. The number of hydrogen-bond acceptors (Lipinski definition) is 1. The van der Waals surface area contributed by atoms with Crippen LogP contribution in [-0.2, 0) is 4.84 Å². The lowest BCUT2D eigenvalue weighted by Gasteiger charge is -2.19. The standard InChI is InChI=1S/C6H14NO.BrH/c1-5-6-8-7(2,3)4;/h5H,1,6H2,2-4H3;1H/q+1;/p-1. The van der Waals surface area contributed by atoms with Crippen LogP contribution in [0.2, 0.25) is 0 Å². The van der Waals surface area contributed by atoms with Gasteiger partial charge in [-0.1, -0.05) is 6.08 Å². The first-order valence-corrected chi connectivity index (χ1v) is 2.63. The van der Waals surface area contributed by atoms with Gasteiger partial charge in [-0.2, -0.15) is 9.48 Å². The molecule has 0 aliphatic heterocycles. The summed E-state index contributed by atoms with van der Waals surface area (Å²) in [7, 11) is 5.89. The van der Waals surface area contributed by atoms with Gasteiger partial charge in [0.25, 0.3) is 0 Å². The van der Waals surface area contributed by atoms with Gasteiger partial charge in [0, 0.05) is 0 Å². The number of quaternary nitrogens is 1. The summed E-state index contributed by atoms with van der Waals surface area (Å²) in [6, 6.07) is 0. The first-order valence-electron chi connectivity index (χ1n) is 2.63. The van der Waals surface area contributed by atoms with Crippen LogP contribution in [0.15, 0.2) is 12.7 Å². The van der Waals surface area contributed by atoms with Crippen molar-refractivity contribution in [1.82, 2.24) is 0 Å². The van der Waals surface area contributed by atoms with E-state index in [0.29, 0.717) is 11.3 Å². The van der Waals surface area contributed by atoms with E-state index in [0.717, 1.165) is 0 Å². The van der Waals surface area contributed by atoms with Gasteiger partial charge in [0.2, 0.25) is 0 Å². The Morgan fingerprint density at radius 3 is 2.00 bits per heavy atom. The second kappa shape index (κ2) is 4.97. The van der Waals surface area contributed by atoms with E-state index in [-0.39, 0.29) is 17.0 Å². The van der Waals surface area contributed by atoms with Gasteiger partial charge < -0.3 is 17.0 Å². The minimum absolute atomic E-state index is 0. The van der Waals surface area contributed by atoms with E-state index in [2.05, 4.69) is 6.58 Å². The summed E-state index contributed by atoms with van der Waals surface area (Å²) in [6.45, 7) is 4.14. The fourth-order valence-electron chi connectivity index (χ4n) is 0.276. The van der Waals surface area contributed by atoms with Crippen molar-refractivity contribution in [2.45, 2.75) is 0 Å². The summed E-state index contributed by atoms with van der Waals surface area (Å²) in [5, 5.41) is 0. The maximum Gasteiger partial charge on any atom is 0.124 e. The molecule has 0 saturated carbocycles. The molecule has 0 atom stereocenters. The highest BCUT2D eigenvalue weighted by Gasteiger charge is 2.03. The molecule has 0 rings (SSSR count). The number of hydroxylamine groups is 3. The zero-order valence-corrected chi connectivity index (χ0v) is 7.81. The molecule has 9 heavy (non-hydrogen) atoms. The van der Waals surface area contributed by atoms with Crippen molar-refractivity contribution >= 4 is 0 Å². The fourth-order valence-corrected chi connectivity index (χ4v) is 0.276. The topological polar surface area (TPSA) is 9.23 Å². The molecule has 0 aromatic rings. The largest absolute Gasteiger partial charge is 1.00 e. The Labute approximate surface area is 67.4 Å². The van der Waals surface area contributed by atoms with Crippen molar-refractivity contribution in [3.05, 3.63) is 12.7 Å². The van der Waals surface area contributed by atoms with Gasteiger partial charge in [-0.05, 0) is 0 Å². The van der Waals surface area contributed by atoms with E-state index in [1.54, 1.807) is 6.08 Å². The van der Waals surface area contributed by atoms with Crippen molar-refractivity contribution in [2.24, 2.45) is 0 Å². The summed E-state index contributed by atoms with van der Waals surface area (Å²) in [5.41, 5.74) is 0. The predicted molar refractivity (Wildman–Crippen MR) is 34.2 cm³/mol. The number of halogens is 1. The van der Waals surface area contributed by atoms with Gasteiger partial charge in [0.05, 0.1) is 21.1 Å². The van der Waals surface area contributed by atoms with Crippen LogP contribution in [0.25, 0.3) is 0 Å². The molecule has 0 aliphatic carbocycles. The predicted octanol–water partition coefficient (Wildman–Crippen LogP) is -2.19. The Kier molecular flexibility index (Phi) is 6.56. The molecular weight excluding hydrogens is 182 g/mol. The molecule has 0 amide bonds. The number of hydrogen-bond donors (Lipinski definition) is 0. The van der Waals surface area contributed by atoms with Crippen molar-refractivity contribution in [3.8, 4) is 0 Å². The fraction of sp³-hybridized carbons (Fsp3) is 0.667. The number of nitrogens with zero attached hydrogens (tertiary/aromatic N) is 1. The molecule has 0 heterocycles. The van der Waals surface area contributed by atoms with Gasteiger partial charge in [0.15, 0.2) is 0 Å². The van der Waals surface area contributed by atoms with Gasteiger partial charge in [-0.15, -0.1) is 6.58 Å². The Balaban J connectivity index is 0. The van der Waals surface area contributed by atoms with Crippen LogP contribution in [0.5, 0.6) is 0 Å². The molecule has 56 valence electrons. The van der Waals surface area contributed by atoms with Crippen LogP contribution < -0.4 is 17.0 Å². The molecule has 0 aliphatic rings. The Morgan fingerprint density at radius 1 is 1.44 bits per heavy atom. The van der Waals surface area contributed by atoms with Crippen LogP contribution in [0.1, 0.15) is 0 Å². The Bertz CT molecular complexity index is 77.6. The summed E-state index contributed by atoms with van der Waals surface area (Å²) in [6.07, 6.45) is 1.74. The minimum atomic E-state index is 0. The normalized spacial score (nSPS) is 10.1. The Hall–Kier alpha value is 0.140. The lowest BCUT2D eigenvalue weighted by Crippen LogP contribution is -3.00. The van der Waals surface area contributed by atoms with Gasteiger partial charge in [0.1, 0.15) is 6.61 Å². The molecule has 0 aromatic carbocycles. The van der Waals surface area contributed by atoms with E-state index in [1.165, 1.54) is 0 Å². The third-order valence-corrected chi connectivity index (χ3v) is 0.580. The SMILES string of the molecule is C=CCO[N+](C)(C)C.[Br-]. The van der Waals surface area contributed by atoms with Crippen LogP contribution in [0.4, 0.5) is 0 Å². The molecule has 0 fully saturated rings. The second-order valence-electron chi connectivity index (χ2n) is 2.47. The van der Waals surface area contributed by atoms with Crippen molar-refractivity contribution < 1.29 is 26.5 Å². The van der Waals surface area contributed by atoms with Crippen molar-refractivity contribution in [1.29, 1.82) is 0 Å². The van der Waals surface area contributed by atoms with Crippen molar-refractivity contribution in [2.75, 3.05) is 27.7 Å². The molecule has 3 heteroatoms. The molecular formula is C6H14BrNO. The summed E-state index contributed by atoms with van der Waals surface area (Å²) in [4.78, 5) is 5.20. The zero-order chi connectivity index (χ0) is 6.62. The highest BCUT2D eigenvalue weighted by Crippen LogP contribution is 1.90. The Morgan fingerprint density at radius 2 is 1.89 bits per heavy atom. The highest BCUT2D eigenvalue weighted by molar-refractivity contribution is 4.62. The van der Waals surface area contributed by atoms with E-state index >= 15 is 0 Å². The smallest absolute Gasteiger partial charge is 0.124 e. The molecule has 0 N–H and O–H groups in total. The molecule has 0 radical (unpaired) electrons. The first-order chi connectivity index (χ1) is 3.56. The minimum Gasteiger partial charge on any atom is -1.00 e. The lowest BCUT2D eigenvalue weighted by atomic mass is 10.7. The first kappa shape index (κ1) is 11.9. The van der Waals surface area contributed by atoms with Crippen molar-refractivity contribution in [3.63, 3.8) is 0 Å². The molecule has 0 saturated heterocycles. The molecule has 0 spiro atoms. The van der Waals surface area contributed by atoms with Crippen LogP contribution in [-0.4, -0.2) is 32.4 Å². The van der Waals surface area contributed by atoms with Gasteiger partial charge in [-0.3, -0.25) is 0 Å². The maximum absolute atomic E-state index is 5.20. The van der Waals surface area contributed by atoms with E-state index in [4.69, 9.17) is 4.84 Å². The number of rotatable bonds is 3. The third kappa shape index (κ3) is 11.6. The quantitative estimate of drug-likeness (QED) is 0.283. The van der Waals surface area contributed by atoms with E-state index < -0.39 is 0 Å². The average Bonchev–Trinajstić information content (AvgIpc) is 1.59. The lowest BCUT2D eigenvalue weighted by molar-refractivity contribution is -1.06. The third-order valence-electron chi connectivity index (χ3n) is 0.580. The van der Waals surface area contributed by atoms with E-state index in [9.17, 15) is 0 Å². The molecule has 0 bridgehead atoms. The average molecular weight is 196 g/mol.